The van der Waals surface area contributed by atoms with Gasteiger partial charge in [-0.05, 0) is 117 Å². The lowest BCUT2D eigenvalue weighted by Gasteiger charge is -2.28. The smallest absolute Gasteiger partial charge is 0.0467 e. The highest BCUT2D eigenvalue weighted by atomic mass is 32.1. The van der Waals surface area contributed by atoms with E-state index in [1.807, 2.05) is 11.3 Å². The molecule has 0 fully saturated rings. The molecule has 0 atom stereocenters. The molecule has 0 radical (unpaired) electrons. The average Bonchev–Trinajstić information content (AvgIpc) is 3.81. The standard InChI is InChI=1S/C56H39NS/c1-56(52-24-10-8-20-48(52)49-21-9-11-25-53(49)56)43-30-35-54-51(37-43)50-23-13-22-47(55(50)58-54)42-18-12-19-46(36-42)57(44-31-26-40(27-32-44)38-14-4-2-5-15-38)45-33-28-41(29-34-45)39-16-6-3-7-17-39/h2-37H,1H3. The largest absolute Gasteiger partial charge is 0.310 e. The molecule has 1 aliphatic rings. The second-order valence-electron chi connectivity index (χ2n) is 15.4. The van der Waals surface area contributed by atoms with Crippen LogP contribution < -0.4 is 4.90 Å². The third kappa shape index (κ3) is 5.60. The summed E-state index contributed by atoms with van der Waals surface area (Å²) >= 11 is 1.90. The van der Waals surface area contributed by atoms with Gasteiger partial charge in [0.25, 0.3) is 0 Å². The number of nitrogens with zero attached hydrogens (tertiary/aromatic N) is 1. The first-order chi connectivity index (χ1) is 28.6. The Hall–Kier alpha value is -7.00. The van der Waals surface area contributed by atoms with Crippen LogP contribution in [0.4, 0.5) is 17.1 Å². The van der Waals surface area contributed by atoms with Gasteiger partial charge in [0.2, 0.25) is 0 Å². The monoisotopic (exact) mass is 757 g/mol. The normalized spacial score (nSPS) is 12.7. The molecule has 0 saturated carbocycles. The van der Waals surface area contributed by atoms with Crippen LogP contribution in [-0.4, -0.2) is 0 Å². The molecular formula is C56H39NS. The molecule has 0 bridgehead atoms. The zero-order chi connectivity index (χ0) is 38.6. The van der Waals surface area contributed by atoms with Crippen molar-refractivity contribution >= 4 is 48.6 Å². The molecule has 0 amide bonds. The summed E-state index contributed by atoms with van der Waals surface area (Å²) in [6.07, 6.45) is 0. The lowest BCUT2D eigenvalue weighted by atomic mass is 9.74. The van der Waals surface area contributed by atoms with Crippen LogP contribution in [0.1, 0.15) is 23.6 Å². The average molecular weight is 758 g/mol. The maximum Gasteiger partial charge on any atom is 0.0467 e. The van der Waals surface area contributed by atoms with Crippen LogP contribution in [-0.2, 0) is 5.41 Å². The van der Waals surface area contributed by atoms with Gasteiger partial charge in [-0.3, -0.25) is 0 Å². The van der Waals surface area contributed by atoms with E-state index in [1.54, 1.807) is 0 Å². The second kappa shape index (κ2) is 13.9. The number of benzene rings is 9. The Morgan fingerprint density at radius 3 is 1.47 bits per heavy atom. The highest BCUT2D eigenvalue weighted by Gasteiger charge is 2.40. The molecule has 1 nitrogen and oxygen atoms in total. The predicted octanol–water partition coefficient (Wildman–Crippen LogP) is 15.9. The van der Waals surface area contributed by atoms with Crippen LogP contribution >= 0.6 is 11.3 Å². The number of rotatable bonds is 7. The third-order valence-electron chi connectivity index (χ3n) is 12.2. The lowest BCUT2D eigenvalue weighted by Crippen LogP contribution is -2.22. The molecule has 10 aromatic rings. The fourth-order valence-electron chi connectivity index (χ4n) is 9.23. The molecule has 1 aliphatic carbocycles. The van der Waals surface area contributed by atoms with Gasteiger partial charge in [-0.2, -0.15) is 0 Å². The molecule has 0 aliphatic heterocycles. The minimum absolute atomic E-state index is 0.233. The number of anilines is 3. The minimum atomic E-state index is -0.233. The zero-order valence-corrected chi connectivity index (χ0v) is 33.0. The van der Waals surface area contributed by atoms with Gasteiger partial charge in [0, 0.05) is 42.6 Å². The first-order valence-electron chi connectivity index (χ1n) is 20.0. The molecule has 9 aromatic carbocycles. The van der Waals surface area contributed by atoms with Gasteiger partial charge in [0.05, 0.1) is 0 Å². The van der Waals surface area contributed by atoms with Crippen LogP contribution in [0.25, 0.3) is 64.7 Å². The molecule has 11 rings (SSSR count). The van der Waals surface area contributed by atoms with Crippen molar-refractivity contribution in [1.29, 1.82) is 0 Å². The lowest BCUT2D eigenvalue weighted by molar-refractivity contribution is 0.715. The Morgan fingerprint density at radius 1 is 0.362 bits per heavy atom. The fraction of sp³-hybridized carbons (Fsp3) is 0.0357. The molecule has 2 heteroatoms. The number of thiophene rings is 1. The fourth-order valence-corrected chi connectivity index (χ4v) is 10.4. The van der Waals surface area contributed by atoms with Gasteiger partial charge in [0.1, 0.15) is 0 Å². The van der Waals surface area contributed by atoms with Crippen molar-refractivity contribution in [2.75, 3.05) is 4.90 Å². The van der Waals surface area contributed by atoms with Crippen LogP contribution in [0.3, 0.4) is 0 Å². The zero-order valence-electron chi connectivity index (χ0n) is 32.1. The van der Waals surface area contributed by atoms with Crippen LogP contribution in [0.2, 0.25) is 0 Å². The summed E-state index contributed by atoms with van der Waals surface area (Å²) < 4.78 is 2.62. The van der Waals surface area contributed by atoms with Gasteiger partial charge < -0.3 is 4.90 Å². The van der Waals surface area contributed by atoms with Gasteiger partial charge in [0.15, 0.2) is 0 Å². The van der Waals surface area contributed by atoms with Gasteiger partial charge in [-0.25, -0.2) is 0 Å². The quantitative estimate of drug-likeness (QED) is 0.156. The van der Waals surface area contributed by atoms with E-state index in [2.05, 4.69) is 230 Å². The summed E-state index contributed by atoms with van der Waals surface area (Å²) in [6, 6.07) is 80.0. The molecule has 1 heterocycles. The maximum atomic E-state index is 2.47. The van der Waals surface area contributed by atoms with Crippen LogP contribution in [0.15, 0.2) is 218 Å². The predicted molar refractivity (Wildman–Crippen MR) is 248 cm³/mol. The van der Waals surface area contributed by atoms with Crippen molar-refractivity contribution in [3.8, 4) is 44.5 Å². The van der Waals surface area contributed by atoms with Crippen molar-refractivity contribution in [2.45, 2.75) is 12.3 Å². The summed E-state index contributed by atoms with van der Waals surface area (Å²) in [7, 11) is 0. The van der Waals surface area contributed by atoms with E-state index in [-0.39, 0.29) is 5.41 Å². The van der Waals surface area contributed by atoms with Crippen LogP contribution in [0, 0.1) is 0 Å². The van der Waals surface area contributed by atoms with E-state index in [4.69, 9.17) is 0 Å². The van der Waals surface area contributed by atoms with Crippen molar-refractivity contribution in [2.24, 2.45) is 0 Å². The Labute approximate surface area is 343 Å². The van der Waals surface area contributed by atoms with E-state index >= 15 is 0 Å². The number of hydrogen-bond acceptors (Lipinski definition) is 2. The highest BCUT2D eigenvalue weighted by Crippen LogP contribution is 2.53. The van der Waals surface area contributed by atoms with E-state index in [9.17, 15) is 0 Å². The SMILES string of the molecule is CC1(c2ccc3sc4c(-c5cccc(N(c6ccc(-c7ccccc7)cc6)c6ccc(-c7ccccc7)cc6)c5)cccc4c3c2)c2ccccc2-c2ccccc21. The Morgan fingerprint density at radius 2 is 0.862 bits per heavy atom. The van der Waals surface area contributed by atoms with Crippen molar-refractivity contribution in [3.63, 3.8) is 0 Å². The van der Waals surface area contributed by atoms with Crippen LogP contribution in [0.5, 0.6) is 0 Å². The first kappa shape index (κ1) is 34.3. The van der Waals surface area contributed by atoms with Crippen molar-refractivity contribution in [1.82, 2.24) is 0 Å². The molecule has 1 aromatic heterocycles. The van der Waals surface area contributed by atoms with E-state index in [1.165, 1.54) is 81.4 Å². The molecule has 0 unspecified atom stereocenters. The summed E-state index contributed by atoms with van der Waals surface area (Å²) in [4.78, 5) is 2.38. The summed E-state index contributed by atoms with van der Waals surface area (Å²) in [6.45, 7) is 2.40. The molecule has 0 spiro atoms. The summed E-state index contributed by atoms with van der Waals surface area (Å²) in [5.74, 6) is 0. The topological polar surface area (TPSA) is 3.24 Å². The van der Waals surface area contributed by atoms with Gasteiger partial charge in [-0.1, -0.05) is 170 Å². The van der Waals surface area contributed by atoms with Crippen molar-refractivity contribution in [3.05, 3.63) is 235 Å². The molecule has 58 heavy (non-hydrogen) atoms. The number of fused-ring (bicyclic) bond motifs is 6. The molecular weight excluding hydrogens is 719 g/mol. The highest BCUT2D eigenvalue weighted by molar-refractivity contribution is 7.26. The maximum absolute atomic E-state index is 2.47. The van der Waals surface area contributed by atoms with E-state index in [0.29, 0.717) is 0 Å². The Balaban J connectivity index is 1.01. The van der Waals surface area contributed by atoms with E-state index < -0.39 is 0 Å². The van der Waals surface area contributed by atoms with Gasteiger partial charge >= 0.3 is 0 Å². The Bertz CT molecular complexity index is 2980. The minimum Gasteiger partial charge on any atom is -0.310 e. The van der Waals surface area contributed by atoms with Gasteiger partial charge in [-0.15, -0.1) is 11.3 Å². The summed E-state index contributed by atoms with van der Waals surface area (Å²) in [5.41, 5.74) is 17.2. The number of hydrogen-bond donors (Lipinski definition) is 0. The van der Waals surface area contributed by atoms with E-state index in [0.717, 1.165) is 17.1 Å². The summed E-state index contributed by atoms with van der Waals surface area (Å²) in [5, 5.41) is 2.62. The second-order valence-corrected chi connectivity index (χ2v) is 16.5. The molecule has 0 N–H and O–H groups in total. The first-order valence-corrected chi connectivity index (χ1v) is 20.8. The molecule has 274 valence electrons. The third-order valence-corrected chi connectivity index (χ3v) is 13.4. The Kier molecular flexibility index (Phi) is 8.20. The molecule has 0 saturated heterocycles. The van der Waals surface area contributed by atoms with Crippen molar-refractivity contribution < 1.29 is 0 Å².